The number of ether oxygens (including phenoxy) is 1. The van der Waals surface area contributed by atoms with E-state index in [1.165, 1.54) is 0 Å². The lowest BCUT2D eigenvalue weighted by Crippen LogP contribution is -2.24. The van der Waals surface area contributed by atoms with E-state index in [1.807, 2.05) is 36.4 Å². The first-order chi connectivity index (χ1) is 14.0. The van der Waals surface area contributed by atoms with Gasteiger partial charge >= 0.3 is 0 Å². The maximum Gasteiger partial charge on any atom is 0.196 e. The molecule has 1 heterocycles. The lowest BCUT2D eigenvalue weighted by Gasteiger charge is -2.19. The predicted octanol–water partition coefficient (Wildman–Crippen LogP) is 5.31. The molecule has 5 nitrogen and oxygen atoms in total. The van der Waals surface area contributed by atoms with E-state index in [0.717, 1.165) is 51.8 Å². The summed E-state index contributed by atoms with van der Waals surface area (Å²) in [4.78, 5) is 2.27. The standard InChI is InChI=1S/C22H27ClN4OS/c1-16(2)13-26(3)14-21-24-25-22(29-15-17-7-5-8-18(23)11-17)27(21)19-9-6-10-20(12-19)28-4/h5-12,16H,13-15H2,1-4H3. The van der Waals surface area contributed by atoms with Gasteiger partial charge in [0.2, 0.25) is 0 Å². The molecule has 0 atom stereocenters. The van der Waals surface area contributed by atoms with Gasteiger partial charge < -0.3 is 4.74 Å². The lowest BCUT2D eigenvalue weighted by molar-refractivity contribution is 0.280. The third-order valence-electron chi connectivity index (χ3n) is 4.36. The van der Waals surface area contributed by atoms with Gasteiger partial charge in [-0.25, -0.2) is 0 Å². The first kappa shape index (κ1) is 21.7. The van der Waals surface area contributed by atoms with Crippen molar-refractivity contribution >= 4 is 23.4 Å². The normalized spacial score (nSPS) is 11.4. The molecule has 154 valence electrons. The Kier molecular flexibility index (Phi) is 7.58. The first-order valence-electron chi connectivity index (χ1n) is 9.60. The highest BCUT2D eigenvalue weighted by Gasteiger charge is 2.17. The third-order valence-corrected chi connectivity index (χ3v) is 5.59. The molecule has 0 aliphatic carbocycles. The fourth-order valence-electron chi connectivity index (χ4n) is 3.21. The molecule has 0 fully saturated rings. The molecule has 3 aromatic rings. The van der Waals surface area contributed by atoms with Crippen molar-refractivity contribution in [2.45, 2.75) is 31.3 Å². The van der Waals surface area contributed by atoms with Crippen molar-refractivity contribution in [2.75, 3.05) is 20.7 Å². The van der Waals surface area contributed by atoms with E-state index in [-0.39, 0.29) is 0 Å². The summed E-state index contributed by atoms with van der Waals surface area (Å²) in [5.74, 6) is 3.08. The highest BCUT2D eigenvalue weighted by Crippen LogP contribution is 2.28. The predicted molar refractivity (Wildman–Crippen MR) is 120 cm³/mol. The molecule has 0 aliphatic rings. The molecular weight excluding hydrogens is 404 g/mol. The summed E-state index contributed by atoms with van der Waals surface area (Å²) in [5.41, 5.74) is 2.15. The highest BCUT2D eigenvalue weighted by atomic mass is 35.5. The summed E-state index contributed by atoms with van der Waals surface area (Å²) in [6.45, 7) is 6.15. The molecule has 0 unspecified atom stereocenters. The average Bonchev–Trinajstić information content (AvgIpc) is 3.08. The van der Waals surface area contributed by atoms with E-state index < -0.39 is 0 Å². The van der Waals surface area contributed by atoms with E-state index in [9.17, 15) is 0 Å². The molecule has 29 heavy (non-hydrogen) atoms. The van der Waals surface area contributed by atoms with Crippen molar-refractivity contribution < 1.29 is 4.74 Å². The molecule has 2 aromatic carbocycles. The number of nitrogens with zero attached hydrogens (tertiary/aromatic N) is 4. The number of benzene rings is 2. The molecule has 1 aromatic heterocycles. The molecule has 0 amide bonds. The molecule has 7 heteroatoms. The van der Waals surface area contributed by atoms with E-state index in [1.54, 1.807) is 18.9 Å². The maximum atomic E-state index is 6.13. The number of rotatable bonds is 9. The van der Waals surface area contributed by atoms with Gasteiger partial charge in [-0.15, -0.1) is 10.2 Å². The zero-order valence-corrected chi connectivity index (χ0v) is 18.9. The fraction of sp³-hybridized carbons (Fsp3) is 0.364. The Morgan fingerprint density at radius 2 is 1.93 bits per heavy atom. The van der Waals surface area contributed by atoms with Crippen molar-refractivity contribution in [3.05, 3.63) is 64.9 Å². The van der Waals surface area contributed by atoms with Crippen LogP contribution in [0.15, 0.2) is 53.7 Å². The van der Waals surface area contributed by atoms with Crippen LogP contribution in [0.3, 0.4) is 0 Å². The maximum absolute atomic E-state index is 6.13. The van der Waals surface area contributed by atoms with E-state index >= 15 is 0 Å². The van der Waals surface area contributed by atoms with Gasteiger partial charge in [-0.05, 0) is 42.8 Å². The Bertz CT molecular complexity index is 944. The third kappa shape index (κ3) is 5.98. The quantitative estimate of drug-likeness (QED) is 0.430. The van der Waals surface area contributed by atoms with Crippen LogP contribution in [0.4, 0.5) is 0 Å². The second kappa shape index (κ2) is 10.1. The summed E-state index contributed by atoms with van der Waals surface area (Å²) >= 11 is 7.78. The highest BCUT2D eigenvalue weighted by molar-refractivity contribution is 7.98. The molecule has 0 saturated heterocycles. The zero-order chi connectivity index (χ0) is 20.8. The summed E-state index contributed by atoms with van der Waals surface area (Å²) in [7, 11) is 3.79. The molecule has 3 rings (SSSR count). The molecule has 0 N–H and O–H groups in total. The summed E-state index contributed by atoms with van der Waals surface area (Å²) in [6, 6.07) is 15.9. The van der Waals surface area contributed by atoms with Crippen molar-refractivity contribution in [1.82, 2.24) is 19.7 Å². The SMILES string of the molecule is COc1cccc(-n2c(CN(C)CC(C)C)nnc2SCc2cccc(Cl)c2)c1. The van der Waals surface area contributed by atoms with E-state index in [2.05, 4.69) is 52.7 Å². The van der Waals surface area contributed by atoms with Crippen LogP contribution in [0.5, 0.6) is 5.75 Å². The largest absolute Gasteiger partial charge is 0.497 e. The van der Waals surface area contributed by atoms with Crippen LogP contribution in [-0.4, -0.2) is 40.4 Å². The smallest absolute Gasteiger partial charge is 0.196 e. The Hall–Kier alpha value is -2.02. The van der Waals surface area contributed by atoms with Gasteiger partial charge in [0.25, 0.3) is 0 Å². The number of halogens is 1. The number of thioether (sulfide) groups is 1. The fourth-order valence-corrected chi connectivity index (χ4v) is 4.34. The zero-order valence-electron chi connectivity index (χ0n) is 17.3. The van der Waals surface area contributed by atoms with Crippen LogP contribution in [0, 0.1) is 5.92 Å². The molecule has 0 spiro atoms. The lowest BCUT2D eigenvalue weighted by atomic mass is 10.2. The first-order valence-corrected chi connectivity index (χ1v) is 11.0. The summed E-state index contributed by atoms with van der Waals surface area (Å²) in [6.07, 6.45) is 0. The number of hydrogen-bond acceptors (Lipinski definition) is 5. The molecule has 0 saturated carbocycles. The van der Waals surface area contributed by atoms with Gasteiger partial charge in [-0.1, -0.05) is 55.4 Å². The summed E-state index contributed by atoms with van der Waals surface area (Å²) < 4.78 is 7.54. The van der Waals surface area contributed by atoms with Crippen LogP contribution >= 0.6 is 23.4 Å². The second-order valence-corrected chi connectivity index (χ2v) is 8.82. The van der Waals surface area contributed by atoms with E-state index in [4.69, 9.17) is 16.3 Å². The Morgan fingerprint density at radius 1 is 1.14 bits per heavy atom. The monoisotopic (exact) mass is 430 g/mol. The minimum atomic E-state index is 0.588. The minimum Gasteiger partial charge on any atom is -0.497 e. The Morgan fingerprint density at radius 3 is 2.66 bits per heavy atom. The van der Waals surface area contributed by atoms with Gasteiger partial charge in [0.05, 0.1) is 19.3 Å². The van der Waals surface area contributed by atoms with Crippen LogP contribution < -0.4 is 4.74 Å². The number of aromatic nitrogens is 3. The topological polar surface area (TPSA) is 43.2 Å². The van der Waals surface area contributed by atoms with Crippen LogP contribution in [-0.2, 0) is 12.3 Å². The van der Waals surface area contributed by atoms with Gasteiger partial charge in [0.15, 0.2) is 11.0 Å². The number of methoxy groups -OCH3 is 1. The molecular formula is C22H27ClN4OS. The number of hydrogen-bond donors (Lipinski definition) is 0. The van der Waals surface area contributed by atoms with Crippen LogP contribution in [0.2, 0.25) is 5.02 Å². The minimum absolute atomic E-state index is 0.588. The van der Waals surface area contributed by atoms with Crippen molar-refractivity contribution in [1.29, 1.82) is 0 Å². The molecule has 0 bridgehead atoms. The van der Waals surface area contributed by atoms with Gasteiger partial charge in [-0.3, -0.25) is 9.47 Å². The molecule has 0 aliphatic heterocycles. The Labute approximate surface area is 182 Å². The summed E-state index contributed by atoms with van der Waals surface area (Å²) in [5, 5.41) is 10.6. The van der Waals surface area contributed by atoms with Crippen LogP contribution in [0.25, 0.3) is 5.69 Å². The van der Waals surface area contributed by atoms with Gasteiger partial charge in [-0.2, -0.15) is 0 Å². The average molecular weight is 431 g/mol. The van der Waals surface area contributed by atoms with Crippen molar-refractivity contribution in [2.24, 2.45) is 5.92 Å². The second-order valence-electron chi connectivity index (χ2n) is 7.44. The van der Waals surface area contributed by atoms with Gasteiger partial charge in [0.1, 0.15) is 5.75 Å². The Balaban J connectivity index is 1.90. The van der Waals surface area contributed by atoms with Crippen molar-refractivity contribution in [3.8, 4) is 11.4 Å². The van der Waals surface area contributed by atoms with Crippen molar-refractivity contribution in [3.63, 3.8) is 0 Å². The molecule has 0 radical (unpaired) electrons. The van der Waals surface area contributed by atoms with Gasteiger partial charge in [0, 0.05) is 23.4 Å². The van der Waals surface area contributed by atoms with Crippen LogP contribution in [0.1, 0.15) is 25.2 Å². The van der Waals surface area contributed by atoms with E-state index in [0.29, 0.717) is 5.92 Å².